The van der Waals surface area contributed by atoms with Crippen LogP contribution in [0, 0.1) is 17.5 Å². The number of hydrogen-bond acceptors (Lipinski definition) is 5. The second kappa shape index (κ2) is 14.1. The van der Waals surface area contributed by atoms with Gasteiger partial charge in [0.15, 0.2) is 11.6 Å². The maximum atomic E-state index is 14.1. The Balaban J connectivity index is 1.60. The third-order valence-corrected chi connectivity index (χ3v) is 7.00. The van der Waals surface area contributed by atoms with Crippen LogP contribution in [0.25, 0.3) is 0 Å². The molecular weight excluding hydrogens is 507 g/mol. The lowest BCUT2D eigenvalue weighted by Gasteiger charge is -2.28. The smallest absolute Gasteiger partial charge is 0.306 e. The first-order chi connectivity index (χ1) is 17.7. The number of nitrogens with zero attached hydrogens (tertiary/aromatic N) is 1. The molecule has 1 aliphatic heterocycles. The molecule has 9 heteroatoms. The molecule has 1 saturated heterocycles. The van der Waals surface area contributed by atoms with Gasteiger partial charge in [0.1, 0.15) is 5.82 Å². The molecule has 0 unspecified atom stereocenters. The number of aliphatic hydroxyl groups excluding tert-OH is 1. The Morgan fingerprint density at radius 3 is 2.62 bits per heavy atom. The summed E-state index contributed by atoms with van der Waals surface area (Å²) < 4.78 is 52.8. The summed E-state index contributed by atoms with van der Waals surface area (Å²) in [5.74, 6) is -2.83. The van der Waals surface area contributed by atoms with Crippen LogP contribution in [0.15, 0.2) is 30.3 Å². The van der Waals surface area contributed by atoms with Crippen LogP contribution in [-0.4, -0.2) is 54.4 Å². The Kier molecular flexibility index (Phi) is 11.2. The average molecular weight is 542 g/mol. The minimum Gasteiger partial charge on any atom is -0.466 e. The molecule has 0 bridgehead atoms. The van der Waals surface area contributed by atoms with E-state index in [1.165, 1.54) is 6.07 Å². The number of likely N-dealkylation sites (tertiary alicyclic amines) is 1. The molecule has 1 aliphatic rings. The number of esters is 1. The zero-order valence-corrected chi connectivity index (χ0v) is 22.1. The van der Waals surface area contributed by atoms with Gasteiger partial charge in [-0.05, 0) is 86.5 Å². The molecule has 1 fully saturated rings. The van der Waals surface area contributed by atoms with Crippen LogP contribution < -0.4 is 0 Å². The van der Waals surface area contributed by atoms with Crippen molar-refractivity contribution in [2.75, 3.05) is 26.3 Å². The Hall–Kier alpha value is -2.13. The molecule has 2 aromatic rings. The summed E-state index contributed by atoms with van der Waals surface area (Å²) in [6.45, 7) is 5.01. The highest BCUT2D eigenvalue weighted by Gasteiger charge is 2.27. The van der Waals surface area contributed by atoms with Crippen LogP contribution in [0.5, 0.6) is 0 Å². The van der Waals surface area contributed by atoms with E-state index in [4.69, 9.17) is 21.1 Å². The number of halogens is 4. The fraction of sp³-hybridized carbons (Fsp3) is 0.536. The van der Waals surface area contributed by atoms with Gasteiger partial charge < -0.3 is 14.6 Å². The van der Waals surface area contributed by atoms with E-state index in [-0.39, 0.29) is 37.1 Å². The SMILES string of the molecule is CCOC(=O)CCc1cc(F)c(F)cc1[C@@H](CC)OC[C@H](O)CN1CCC[C@H]1Cc1ccc(Cl)c(F)c1. The molecule has 0 saturated carbocycles. The topological polar surface area (TPSA) is 59.0 Å². The van der Waals surface area contributed by atoms with Crippen molar-refractivity contribution in [3.63, 3.8) is 0 Å². The molecule has 5 nitrogen and oxygen atoms in total. The maximum absolute atomic E-state index is 14.1. The van der Waals surface area contributed by atoms with E-state index in [0.717, 1.165) is 37.1 Å². The van der Waals surface area contributed by atoms with Crippen molar-refractivity contribution in [1.82, 2.24) is 4.90 Å². The minimum absolute atomic E-state index is 0.00755. The monoisotopic (exact) mass is 541 g/mol. The predicted molar refractivity (Wildman–Crippen MR) is 136 cm³/mol. The standard InChI is InChI=1S/C28H35ClF3NO4/c1-3-27(22-15-26(32)25(31)14-19(22)8-10-28(35)36-4-2)37-17-21(34)16-33-11-5-6-20(33)12-18-7-9-23(29)24(30)13-18/h7,9,13-15,20-21,27,34H,3-6,8,10-12,16-17H2,1-2H3/t20-,21+,27+/m0/s1. The minimum atomic E-state index is -0.990. The van der Waals surface area contributed by atoms with E-state index >= 15 is 0 Å². The van der Waals surface area contributed by atoms with E-state index in [1.54, 1.807) is 13.0 Å². The number of rotatable bonds is 13. The van der Waals surface area contributed by atoms with E-state index in [9.17, 15) is 23.1 Å². The zero-order chi connectivity index (χ0) is 26.9. The van der Waals surface area contributed by atoms with Crippen molar-refractivity contribution in [3.05, 3.63) is 69.5 Å². The molecule has 0 amide bonds. The van der Waals surface area contributed by atoms with Gasteiger partial charge in [0, 0.05) is 19.0 Å². The van der Waals surface area contributed by atoms with E-state index in [1.807, 2.05) is 13.0 Å². The summed E-state index contributed by atoms with van der Waals surface area (Å²) in [7, 11) is 0. The van der Waals surface area contributed by atoms with Gasteiger partial charge in [0.25, 0.3) is 0 Å². The first-order valence-corrected chi connectivity index (χ1v) is 13.2. The Morgan fingerprint density at radius 2 is 1.92 bits per heavy atom. The van der Waals surface area contributed by atoms with E-state index < -0.39 is 35.6 Å². The van der Waals surface area contributed by atoms with Crippen molar-refractivity contribution >= 4 is 17.6 Å². The molecule has 0 radical (unpaired) electrons. The molecule has 204 valence electrons. The molecular formula is C28H35ClF3NO4. The number of hydrogen-bond donors (Lipinski definition) is 1. The second-order valence-corrected chi connectivity index (χ2v) is 9.80. The van der Waals surface area contributed by atoms with Gasteiger partial charge in [0.05, 0.1) is 30.4 Å². The highest BCUT2D eigenvalue weighted by atomic mass is 35.5. The fourth-order valence-electron chi connectivity index (χ4n) is 4.87. The molecule has 3 atom stereocenters. The average Bonchev–Trinajstić information content (AvgIpc) is 3.29. The molecule has 1 heterocycles. The number of carbonyl (C=O) groups is 1. The molecule has 0 spiro atoms. The zero-order valence-electron chi connectivity index (χ0n) is 21.3. The van der Waals surface area contributed by atoms with Gasteiger partial charge in [-0.15, -0.1) is 0 Å². The lowest BCUT2D eigenvalue weighted by Crippen LogP contribution is -2.39. The highest BCUT2D eigenvalue weighted by molar-refractivity contribution is 6.30. The van der Waals surface area contributed by atoms with Gasteiger partial charge in [-0.2, -0.15) is 0 Å². The van der Waals surface area contributed by atoms with Gasteiger partial charge >= 0.3 is 5.97 Å². The van der Waals surface area contributed by atoms with Gasteiger partial charge in [-0.3, -0.25) is 9.69 Å². The Labute approximate surface area is 221 Å². The molecule has 0 aromatic heterocycles. The quantitative estimate of drug-likeness (QED) is 0.325. The van der Waals surface area contributed by atoms with Crippen LogP contribution in [0.2, 0.25) is 5.02 Å². The van der Waals surface area contributed by atoms with Crippen LogP contribution in [0.1, 0.15) is 62.3 Å². The number of β-amino-alcohol motifs (C(OH)–C–C–N with tert-alkyl or cyclic N) is 1. The van der Waals surface area contributed by atoms with Crippen molar-refractivity contribution in [2.24, 2.45) is 0 Å². The third kappa shape index (κ3) is 8.43. The van der Waals surface area contributed by atoms with Crippen molar-refractivity contribution in [3.8, 4) is 0 Å². The Morgan fingerprint density at radius 1 is 1.16 bits per heavy atom. The van der Waals surface area contributed by atoms with E-state index in [0.29, 0.717) is 30.5 Å². The number of ether oxygens (including phenoxy) is 2. The van der Waals surface area contributed by atoms with Gasteiger partial charge in [-0.25, -0.2) is 13.2 Å². The largest absolute Gasteiger partial charge is 0.466 e. The normalized spacial score (nSPS) is 17.6. The maximum Gasteiger partial charge on any atom is 0.306 e. The molecule has 3 rings (SSSR count). The van der Waals surface area contributed by atoms with Crippen LogP contribution in [0.4, 0.5) is 13.2 Å². The lowest BCUT2D eigenvalue weighted by atomic mass is 9.96. The molecule has 0 aliphatic carbocycles. The molecule has 2 aromatic carbocycles. The number of aryl methyl sites for hydroxylation is 1. The van der Waals surface area contributed by atoms with Gasteiger partial charge in [-0.1, -0.05) is 24.6 Å². The Bertz CT molecular complexity index is 1050. The number of benzene rings is 2. The fourth-order valence-corrected chi connectivity index (χ4v) is 4.99. The van der Waals surface area contributed by atoms with Gasteiger partial charge in [0.2, 0.25) is 0 Å². The molecule has 37 heavy (non-hydrogen) atoms. The summed E-state index contributed by atoms with van der Waals surface area (Å²) >= 11 is 5.79. The third-order valence-electron chi connectivity index (χ3n) is 6.69. The van der Waals surface area contributed by atoms with E-state index in [2.05, 4.69) is 4.90 Å². The summed E-state index contributed by atoms with van der Waals surface area (Å²) in [4.78, 5) is 14.0. The second-order valence-electron chi connectivity index (χ2n) is 9.40. The van der Waals surface area contributed by atoms with Crippen molar-refractivity contribution < 1.29 is 32.5 Å². The van der Waals surface area contributed by atoms with Crippen molar-refractivity contribution in [2.45, 2.75) is 70.6 Å². The number of aliphatic hydroxyl groups is 1. The lowest BCUT2D eigenvalue weighted by molar-refractivity contribution is -0.143. The first kappa shape index (κ1) is 29.4. The number of carbonyl (C=O) groups excluding carboxylic acids is 1. The van der Waals surface area contributed by atoms with Crippen LogP contribution in [0.3, 0.4) is 0 Å². The highest BCUT2D eigenvalue weighted by Crippen LogP contribution is 2.29. The van der Waals surface area contributed by atoms with Crippen LogP contribution in [-0.2, 0) is 27.1 Å². The first-order valence-electron chi connectivity index (χ1n) is 12.8. The summed E-state index contributed by atoms with van der Waals surface area (Å²) in [5.41, 5.74) is 1.79. The van der Waals surface area contributed by atoms with Crippen molar-refractivity contribution in [1.29, 1.82) is 0 Å². The predicted octanol–water partition coefficient (Wildman–Crippen LogP) is 5.79. The summed E-state index contributed by atoms with van der Waals surface area (Å²) in [6.07, 6.45) is 1.89. The van der Waals surface area contributed by atoms with Crippen LogP contribution >= 0.6 is 11.6 Å². The summed E-state index contributed by atoms with van der Waals surface area (Å²) in [6, 6.07) is 7.19. The molecule has 1 N–H and O–H groups in total. The summed E-state index contributed by atoms with van der Waals surface area (Å²) in [5, 5.41) is 10.8.